The molecule has 7 nitrogen and oxygen atoms in total. The highest BCUT2D eigenvalue weighted by Gasteiger charge is 2.10. The van der Waals surface area contributed by atoms with E-state index in [1.807, 2.05) is 0 Å². The lowest BCUT2D eigenvalue weighted by molar-refractivity contribution is 0.121. The number of hydrogen-bond acceptors (Lipinski definition) is 7. The van der Waals surface area contributed by atoms with E-state index >= 15 is 0 Å². The second-order valence-electron chi connectivity index (χ2n) is 3.32. The molecule has 0 saturated heterocycles. The van der Waals surface area contributed by atoms with Gasteiger partial charge in [-0.15, -0.1) is 0 Å². The minimum absolute atomic E-state index is 0.340. The van der Waals surface area contributed by atoms with Crippen LogP contribution in [-0.2, 0) is 9.47 Å². The van der Waals surface area contributed by atoms with E-state index in [9.17, 15) is 9.59 Å². The molecule has 19 heavy (non-hydrogen) atoms. The van der Waals surface area contributed by atoms with Crippen molar-refractivity contribution in [2.75, 3.05) is 19.5 Å². The van der Waals surface area contributed by atoms with Gasteiger partial charge in [0.1, 0.15) is 5.75 Å². The maximum absolute atomic E-state index is 11.1. The Morgan fingerprint density at radius 1 is 1.26 bits per heavy atom. The molecule has 0 fully saturated rings. The largest absolute Gasteiger partial charge is 0.513 e. The molecule has 0 radical (unpaired) electrons. The van der Waals surface area contributed by atoms with Gasteiger partial charge in [0.05, 0.1) is 24.4 Å². The number of benzene rings is 1. The number of carbonyl (C=O) groups excluding carboxylic acids is 2. The van der Waals surface area contributed by atoms with Crippen LogP contribution in [0, 0.1) is 0 Å². The second-order valence-corrected chi connectivity index (χ2v) is 4.35. The molecular weight excluding hydrogens is 272 g/mol. The average Bonchev–Trinajstić information content (AvgIpc) is 2.79. The van der Waals surface area contributed by atoms with E-state index in [-0.39, 0.29) is 0 Å². The molecule has 0 aliphatic heterocycles. The Morgan fingerprint density at radius 3 is 2.74 bits per heavy atom. The van der Waals surface area contributed by atoms with Crippen LogP contribution >= 0.6 is 11.3 Å². The molecule has 1 amide bonds. The van der Waals surface area contributed by atoms with Gasteiger partial charge in [-0.05, 0) is 12.1 Å². The van der Waals surface area contributed by atoms with Crippen LogP contribution in [0.5, 0.6) is 5.75 Å². The van der Waals surface area contributed by atoms with Crippen molar-refractivity contribution in [3.63, 3.8) is 0 Å². The van der Waals surface area contributed by atoms with Crippen LogP contribution in [0.25, 0.3) is 10.2 Å². The molecule has 1 aromatic carbocycles. The summed E-state index contributed by atoms with van der Waals surface area (Å²) in [4.78, 5) is 26.2. The molecule has 2 aromatic rings. The first-order valence-electron chi connectivity index (χ1n) is 5.13. The number of nitrogens with zero attached hydrogens (tertiary/aromatic N) is 1. The monoisotopic (exact) mass is 282 g/mol. The van der Waals surface area contributed by atoms with E-state index in [1.54, 1.807) is 18.2 Å². The Morgan fingerprint density at radius 2 is 2.05 bits per heavy atom. The summed E-state index contributed by atoms with van der Waals surface area (Å²) in [6.07, 6.45) is -1.39. The van der Waals surface area contributed by atoms with Crippen LogP contribution in [0.4, 0.5) is 14.7 Å². The van der Waals surface area contributed by atoms with Crippen molar-refractivity contribution in [1.29, 1.82) is 0 Å². The lowest BCUT2D eigenvalue weighted by atomic mass is 10.3. The number of hydrogen-bond donors (Lipinski definition) is 1. The van der Waals surface area contributed by atoms with E-state index in [4.69, 9.17) is 4.74 Å². The van der Waals surface area contributed by atoms with Gasteiger partial charge in [0.25, 0.3) is 0 Å². The maximum Gasteiger partial charge on any atom is 0.513 e. The van der Waals surface area contributed by atoms with Crippen molar-refractivity contribution in [2.45, 2.75) is 0 Å². The fraction of sp³-hybridized carbons (Fsp3) is 0.182. The second kappa shape index (κ2) is 5.53. The van der Waals surface area contributed by atoms with Crippen LogP contribution in [0.15, 0.2) is 18.2 Å². The minimum Gasteiger partial charge on any atom is -0.453 e. The molecule has 1 aromatic heterocycles. The number of ether oxygens (including phenoxy) is 3. The summed E-state index contributed by atoms with van der Waals surface area (Å²) in [5.74, 6) is 0.340. The van der Waals surface area contributed by atoms with Crippen LogP contribution in [0.1, 0.15) is 0 Å². The van der Waals surface area contributed by atoms with Gasteiger partial charge in [-0.25, -0.2) is 14.6 Å². The minimum atomic E-state index is -0.795. The molecule has 0 aliphatic rings. The van der Waals surface area contributed by atoms with Gasteiger partial charge in [0.2, 0.25) is 0 Å². The number of methoxy groups -OCH3 is 2. The fourth-order valence-corrected chi connectivity index (χ4v) is 2.18. The van der Waals surface area contributed by atoms with Crippen molar-refractivity contribution in [2.24, 2.45) is 0 Å². The Balaban J connectivity index is 2.23. The van der Waals surface area contributed by atoms with Crippen molar-refractivity contribution in [3.05, 3.63) is 18.2 Å². The summed E-state index contributed by atoms with van der Waals surface area (Å²) >= 11 is 1.23. The third-order valence-corrected chi connectivity index (χ3v) is 3.06. The Hall–Kier alpha value is -2.35. The van der Waals surface area contributed by atoms with Crippen molar-refractivity contribution < 1.29 is 23.8 Å². The molecule has 0 unspecified atom stereocenters. The molecular formula is C11H10N2O5S. The molecule has 0 spiro atoms. The highest BCUT2D eigenvalue weighted by atomic mass is 32.1. The van der Waals surface area contributed by atoms with E-state index in [0.717, 1.165) is 4.70 Å². The van der Waals surface area contributed by atoms with Gasteiger partial charge in [-0.1, -0.05) is 11.3 Å². The van der Waals surface area contributed by atoms with Crippen molar-refractivity contribution in [1.82, 2.24) is 4.98 Å². The number of rotatable bonds is 2. The summed E-state index contributed by atoms with van der Waals surface area (Å²) in [6.45, 7) is 0. The standard InChI is InChI=1S/C11H10N2O5S/c1-16-10(14)13-9-12-7-4-3-6(5-8(7)19-9)18-11(15)17-2/h3-5H,1-2H3,(H,12,13,14). The van der Waals surface area contributed by atoms with Crippen molar-refractivity contribution in [3.8, 4) is 5.75 Å². The van der Waals surface area contributed by atoms with Crippen LogP contribution in [-0.4, -0.2) is 31.5 Å². The fourth-order valence-electron chi connectivity index (χ4n) is 1.30. The smallest absolute Gasteiger partial charge is 0.453 e. The van der Waals surface area contributed by atoms with Gasteiger partial charge in [0.15, 0.2) is 5.13 Å². The van der Waals surface area contributed by atoms with Gasteiger partial charge in [-0.3, -0.25) is 5.32 Å². The molecule has 0 saturated carbocycles. The first-order valence-corrected chi connectivity index (χ1v) is 5.95. The first-order chi connectivity index (χ1) is 9.12. The summed E-state index contributed by atoms with van der Waals surface area (Å²) in [5, 5.41) is 2.87. The third-order valence-electron chi connectivity index (χ3n) is 2.12. The summed E-state index contributed by atoms with van der Waals surface area (Å²) in [5.41, 5.74) is 0.675. The Bertz CT molecular complexity index is 609. The zero-order valence-electron chi connectivity index (χ0n) is 10.1. The number of nitrogens with one attached hydrogen (secondary N) is 1. The number of aromatic nitrogens is 1. The normalized spacial score (nSPS) is 10.0. The molecule has 8 heteroatoms. The van der Waals surface area contributed by atoms with Gasteiger partial charge >= 0.3 is 12.2 Å². The molecule has 2 rings (SSSR count). The maximum atomic E-state index is 11.1. The molecule has 0 aliphatic carbocycles. The lowest BCUT2D eigenvalue weighted by Crippen LogP contribution is -2.10. The Kier molecular flexibility index (Phi) is 3.81. The van der Waals surface area contributed by atoms with Gasteiger partial charge in [-0.2, -0.15) is 0 Å². The highest BCUT2D eigenvalue weighted by Crippen LogP contribution is 2.29. The predicted molar refractivity (Wildman–Crippen MR) is 68.7 cm³/mol. The number of anilines is 1. The summed E-state index contributed by atoms with van der Waals surface area (Å²) in [6, 6.07) is 4.89. The van der Waals surface area contributed by atoms with Crippen molar-refractivity contribution >= 4 is 38.9 Å². The lowest BCUT2D eigenvalue weighted by Gasteiger charge is -2.00. The predicted octanol–water partition coefficient (Wildman–Crippen LogP) is 2.62. The molecule has 0 bridgehead atoms. The number of fused-ring (bicyclic) bond motifs is 1. The van der Waals surface area contributed by atoms with Crippen LogP contribution in [0.2, 0.25) is 0 Å². The van der Waals surface area contributed by atoms with Crippen LogP contribution < -0.4 is 10.1 Å². The average molecular weight is 282 g/mol. The Labute approximate surface area is 112 Å². The summed E-state index contributed by atoms with van der Waals surface area (Å²) in [7, 11) is 2.50. The third kappa shape index (κ3) is 3.10. The topological polar surface area (TPSA) is 86.8 Å². The quantitative estimate of drug-likeness (QED) is 0.673. The molecule has 1 N–H and O–H groups in total. The zero-order chi connectivity index (χ0) is 13.8. The highest BCUT2D eigenvalue weighted by molar-refractivity contribution is 7.22. The zero-order valence-corrected chi connectivity index (χ0v) is 10.9. The number of amides is 1. The molecule has 1 heterocycles. The number of thiazole rings is 1. The number of carbonyl (C=O) groups is 2. The summed E-state index contributed by atoms with van der Waals surface area (Å²) < 4.78 is 14.5. The molecule has 100 valence electrons. The first kappa shape index (κ1) is 13.1. The van der Waals surface area contributed by atoms with Gasteiger partial charge < -0.3 is 14.2 Å². The van der Waals surface area contributed by atoms with Gasteiger partial charge in [0, 0.05) is 6.07 Å². The van der Waals surface area contributed by atoms with E-state index in [1.165, 1.54) is 25.6 Å². The van der Waals surface area contributed by atoms with E-state index < -0.39 is 12.2 Å². The van der Waals surface area contributed by atoms with E-state index in [0.29, 0.717) is 16.4 Å². The molecule has 0 atom stereocenters. The SMILES string of the molecule is COC(=O)Nc1nc2ccc(OC(=O)OC)cc2s1. The van der Waals surface area contributed by atoms with Crippen LogP contribution in [0.3, 0.4) is 0 Å². The van der Waals surface area contributed by atoms with E-state index in [2.05, 4.69) is 19.8 Å².